The lowest BCUT2D eigenvalue weighted by molar-refractivity contribution is 0.0691. The van der Waals surface area contributed by atoms with Gasteiger partial charge in [0.2, 0.25) is 0 Å². The quantitative estimate of drug-likeness (QED) is 0.592. The van der Waals surface area contributed by atoms with Crippen LogP contribution in [0.5, 0.6) is 0 Å². The summed E-state index contributed by atoms with van der Waals surface area (Å²) in [6, 6.07) is -0.201. The Hall–Kier alpha value is -1.70. The number of carbonyl (C=O) groups excluding carboxylic acids is 1. The molecular formula is C12H20N4O3S. The highest BCUT2D eigenvalue weighted by molar-refractivity contribution is 7.98. The number of carboxylic acid groups (broad SMARTS) is 1. The molecule has 20 heavy (non-hydrogen) atoms. The Kier molecular flexibility index (Phi) is 7.56. The highest BCUT2D eigenvalue weighted by Crippen LogP contribution is 1.97. The summed E-state index contributed by atoms with van der Waals surface area (Å²) in [5.74, 6) is 0.0511. The van der Waals surface area contributed by atoms with E-state index in [0.29, 0.717) is 19.6 Å². The Balaban J connectivity index is 2.10. The summed E-state index contributed by atoms with van der Waals surface area (Å²) in [7, 11) is 0. The predicted molar refractivity (Wildman–Crippen MR) is 78.2 cm³/mol. The van der Waals surface area contributed by atoms with Crippen molar-refractivity contribution in [1.29, 1.82) is 0 Å². The maximum absolute atomic E-state index is 11.4. The second kappa shape index (κ2) is 9.24. The van der Waals surface area contributed by atoms with Crippen LogP contribution in [-0.4, -0.2) is 51.8 Å². The van der Waals surface area contributed by atoms with Crippen LogP contribution in [0.15, 0.2) is 12.5 Å². The third-order valence-corrected chi connectivity index (χ3v) is 3.27. The Labute approximate surface area is 122 Å². The van der Waals surface area contributed by atoms with Gasteiger partial charge in [-0.25, -0.2) is 14.6 Å². The number of nitrogens with zero attached hydrogens (tertiary/aromatic N) is 2. The highest BCUT2D eigenvalue weighted by Gasteiger charge is 2.06. The van der Waals surface area contributed by atoms with E-state index in [4.69, 9.17) is 5.11 Å². The molecule has 0 radical (unpaired) electrons. The number of amides is 2. The second-order valence-electron chi connectivity index (χ2n) is 4.18. The third-order valence-electron chi connectivity index (χ3n) is 2.57. The zero-order valence-corrected chi connectivity index (χ0v) is 12.3. The van der Waals surface area contributed by atoms with E-state index < -0.39 is 5.97 Å². The van der Waals surface area contributed by atoms with E-state index in [1.807, 2.05) is 0 Å². The lowest BCUT2D eigenvalue weighted by Crippen LogP contribution is -2.37. The first kappa shape index (κ1) is 16.4. The van der Waals surface area contributed by atoms with Crippen molar-refractivity contribution in [3.05, 3.63) is 18.2 Å². The minimum Gasteiger partial charge on any atom is -0.476 e. The van der Waals surface area contributed by atoms with Gasteiger partial charge in [0.25, 0.3) is 0 Å². The monoisotopic (exact) mass is 300 g/mol. The molecule has 1 heterocycles. The van der Waals surface area contributed by atoms with Gasteiger partial charge in [0.15, 0.2) is 5.69 Å². The second-order valence-corrected chi connectivity index (χ2v) is 5.17. The number of hydrogen-bond donors (Lipinski definition) is 3. The van der Waals surface area contributed by atoms with Gasteiger partial charge in [0.1, 0.15) is 0 Å². The number of imidazole rings is 1. The molecule has 0 aliphatic carbocycles. The average Bonchev–Trinajstić information content (AvgIpc) is 2.87. The average molecular weight is 300 g/mol. The van der Waals surface area contributed by atoms with Crippen LogP contribution in [0.1, 0.15) is 23.3 Å². The molecule has 0 bridgehead atoms. The Morgan fingerprint density at radius 3 is 2.75 bits per heavy atom. The number of urea groups is 1. The van der Waals surface area contributed by atoms with Crippen molar-refractivity contribution in [2.45, 2.75) is 19.4 Å². The van der Waals surface area contributed by atoms with Gasteiger partial charge in [-0.15, -0.1) is 0 Å². The van der Waals surface area contributed by atoms with Crippen LogP contribution in [0.2, 0.25) is 0 Å². The molecule has 0 spiro atoms. The number of aromatic nitrogens is 2. The lowest BCUT2D eigenvalue weighted by Gasteiger charge is -2.07. The lowest BCUT2D eigenvalue weighted by atomic mass is 10.3. The molecule has 0 saturated carbocycles. The number of nitrogens with one attached hydrogen (secondary N) is 2. The summed E-state index contributed by atoms with van der Waals surface area (Å²) < 4.78 is 1.63. The SMILES string of the molecule is CSCCCCNC(=O)NCCn1cnc(C(=O)O)c1. The number of carboxylic acids is 1. The zero-order chi connectivity index (χ0) is 14.8. The third kappa shape index (κ3) is 6.46. The predicted octanol–water partition coefficient (Wildman–Crippen LogP) is 1.02. The van der Waals surface area contributed by atoms with E-state index in [0.717, 1.165) is 18.6 Å². The van der Waals surface area contributed by atoms with Gasteiger partial charge < -0.3 is 20.3 Å². The smallest absolute Gasteiger partial charge is 0.356 e. The van der Waals surface area contributed by atoms with E-state index in [1.54, 1.807) is 16.3 Å². The molecule has 1 rings (SSSR count). The Bertz CT molecular complexity index is 436. The van der Waals surface area contributed by atoms with Crippen molar-refractivity contribution in [1.82, 2.24) is 20.2 Å². The van der Waals surface area contributed by atoms with Gasteiger partial charge in [-0.1, -0.05) is 0 Å². The molecule has 0 atom stereocenters. The number of aromatic carboxylic acids is 1. The first-order valence-electron chi connectivity index (χ1n) is 6.39. The van der Waals surface area contributed by atoms with Crippen LogP contribution in [-0.2, 0) is 6.54 Å². The molecule has 7 nitrogen and oxygen atoms in total. The van der Waals surface area contributed by atoms with Gasteiger partial charge in [-0.2, -0.15) is 11.8 Å². The maximum atomic E-state index is 11.4. The van der Waals surface area contributed by atoms with Gasteiger partial charge in [-0.3, -0.25) is 0 Å². The fraction of sp³-hybridized carbons (Fsp3) is 0.583. The summed E-state index contributed by atoms with van der Waals surface area (Å²) in [4.78, 5) is 25.8. The van der Waals surface area contributed by atoms with E-state index in [2.05, 4.69) is 21.9 Å². The molecule has 0 aliphatic rings. The number of thioether (sulfide) groups is 1. The van der Waals surface area contributed by atoms with Crippen LogP contribution < -0.4 is 10.6 Å². The van der Waals surface area contributed by atoms with Crippen molar-refractivity contribution >= 4 is 23.8 Å². The highest BCUT2D eigenvalue weighted by atomic mass is 32.2. The topological polar surface area (TPSA) is 96.3 Å². The first-order valence-corrected chi connectivity index (χ1v) is 7.78. The van der Waals surface area contributed by atoms with E-state index in [-0.39, 0.29) is 11.7 Å². The van der Waals surface area contributed by atoms with Gasteiger partial charge >= 0.3 is 12.0 Å². The summed E-state index contributed by atoms with van der Waals surface area (Å²) in [6.45, 7) is 1.58. The number of rotatable bonds is 9. The zero-order valence-electron chi connectivity index (χ0n) is 11.5. The van der Waals surface area contributed by atoms with Crippen LogP contribution in [0, 0.1) is 0 Å². The van der Waals surface area contributed by atoms with Gasteiger partial charge in [0.05, 0.1) is 6.33 Å². The summed E-state index contributed by atoms with van der Waals surface area (Å²) >= 11 is 1.80. The van der Waals surface area contributed by atoms with Crippen LogP contribution in [0.25, 0.3) is 0 Å². The van der Waals surface area contributed by atoms with Crippen molar-refractivity contribution in [3.63, 3.8) is 0 Å². The molecule has 0 aliphatic heterocycles. The standard InChI is InChI=1S/C12H20N4O3S/c1-20-7-3-2-4-13-12(19)14-5-6-16-8-10(11(17)18)15-9-16/h8-9H,2-7H2,1H3,(H,17,18)(H2,13,14,19). The van der Waals surface area contributed by atoms with Crippen LogP contribution in [0.3, 0.4) is 0 Å². The summed E-state index contributed by atoms with van der Waals surface area (Å²) in [6.07, 6.45) is 6.99. The van der Waals surface area contributed by atoms with Crippen molar-refractivity contribution in [2.75, 3.05) is 25.1 Å². The van der Waals surface area contributed by atoms with Gasteiger partial charge in [-0.05, 0) is 24.9 Å². The summed E-state index contributed by atoms with van der Waals surface area (Å²) in [5, 5.41) is 14.2. The molecule has 2 amide bonds. The van der Waals surface area contributed by atoms with Crippen molar-refractivity contribution in [3.8, 4) is 0 Å². The molecule has 0 aromatic carbocycles. The number of unbranched alkanes of at least 4 members (excludes halogenated alkanes) is 1. The molecule has 1 aromatic heterocycles. The minimum atomic E-state index is -1.06. The number of hydrogen-bond acceptors (Lipinski definition) is 4. The first-order chi connectivity index (χ1) is 9.63. The molecule has 1 aromatic rings. The minimum absolute atomic E-state index is 0.00301. The van der Waals surface area contributed by atoms with Crippen molar-refractivity contribution < 1.29 is 14.7 Å². The Morgan fingerprint density at radius 1 is 1.35 bits per heavy atom. The van der Waals surface area contributed by atoms with E-state index in [9.17, 15) is 9.59 Å². The molecule has 0 saturated heterocycles. The maximum Gasteiger partial charge on any atom is 0.356 e. The number of carbonyl (C=O) groups is 2. The Morgan fingerprint density at radius 2 is 2.10 bits per heavy atom. The molecule has 3 N–H and O–H groups in total. The van der Waals surface area contributed by atoms with Crippen LogP contribution >= 0.6 is 11.8 Å². The summed E-state index contributed by atoms with van der Waals surface area (Å²) in [5.41, 5.74) is 0.00301. The van der Waals surface area contributed by atoms with Gasteiger partial charge in [0, 0.05) is 25.8 Å². The largest absolute Gasteiger partial charge is 0.476 e. The molecular weight excluding hydrogens is 280 g/mol. The van der Waals surface area contributed by atoms with Crippen LogP contribution in [0.4, 0.5) is 4.79 Å². The molecule has 8 heteroatoms. The fourth-order valence-electron chi connectivity index (χ4n) is 1.53. The van der Waals surface area contributed by atoms with E-state index >= 15 is 0 Å². The van der Waals surface area contributed by atoms with E-state index in [1.165, 1.54) is 12.5 Å². The van der Waals surface area contributed by atoms with Crippen molar-refractivity contribution in [2.24, 2.45) is 0 Å². The fourth-order valence-corrected chi connectivity index (χ4v) is 2.02. The molecule has 112 valence electrons. The molecule has 0 fully saturated rings. The molecule has 0 unspecified atom stereocenters. The normalized spacial score (nSPS) is 10.2.